The summed E-state index contributed by atoms with van der Waals surface area (Å²) in [5, 5.41) is 13.4. The highest BCUT2D eigenvalue weighted by Crippen LogP contribution is 2.40. The fourth-order valence-electron chi connectivity index (χ4n) is 3.97. The highest BCUT2D eigenvalue weighted by atomic mass is 32.2. The number of hydrazone groups is 1. The molecule has 3 heterocycles. The molecule has 168 valence electrons. The summed E-state index contributed by atoms with van der Waals surface area (Å²) < 4.78 is 33.9. The van der Waals surface area contributed by atoms with Crippen molar-refractivity contribution >= 4 is 27.1 Å². The number of ether oxygens (including phenoxy) is 1. The average molecular weight is 479 g/mol. The van der Waals surface area contributed by atoms with E-state index in [0.717, 1.165) is 28.1 Å². The van der Waals surface area contributed by atoms with Gasteiger partial charge < -0.3 is 4.74 Å². The quantitative estimate of drug-likeness (QED) is 0.402. The van der Waals surface area contributed by atoms with Gasteiger partial charge in [-0.3, -0.25) is 0 Å². The summed E-state index contributed by atoms with van der Waals surface area (Å²) >= 11 is 1.57. The van der Waals surface area contributed by atoms with Gasteiger partial charge in [0, 0.05) is 34.7 Å². The van der Waals surface area contributed by atoms with Crippen molar-refractivity contribution in [2.45, 2.75) is 12.5 Å². The average Bonchev–Trinajstić information content (AvgIpc) is 3.58. The Labute approximate surface area is 196 Å². The SMILES string of the molecule is COc1cccc(C2=NN(S(C)(=O)=O)[C@@H](c3cn(-c4ccccc4)nc3-c3ccsc3)C2)c1. The minimum absolute atomic E-state index is 0.428. The monoisotopic (exact) mass is 478 g/mol. The fourth-order valence-corrected chi connectivity index (χ4v) is 5.51. The van der Waals surface area contributed by atoms with E-state index in [1.807, 2.05) is 77.6 Å². The van der Waals surface area contributed by atoms with Crippen molar-refractivity contribution in [2.24, 2.45) is 5.10 Å². The summed E-state index contributed by atoms with van der Waals surface area (Å²) in [4.78, 5) is 0. The molecule has 0 bridgehead atoms. The minimum Gasteiger partial charge on any atom is -0.497 e. The summed E-state index contributed by atoms with van der Waals surface area (Å²) in [6.45, 7) is 0. The van der Waals surface area contributed by atoms with Crippen LogP contribution in [0.5, 0.6) is 5.75 Å². The van der Waals surface area contributed by atoms with Gasteiger partial charge in [-0.05, 0) is 35.7 Å². The molecule has 1 aliphatic rings. The van der Waals surface area contributed by atoms with Gasteiger partial charge in [-0.25, -0.2) is 13.1 Å². The molecule has 7 nitrogen and oxygen atoms in total. The lowest BCUT2D eigenvalue weighted by Crippen LogP contribution is -2.26. The maximum Gasteiger partial charge on any atom is 0.247 e. The number of hydrogen-bond donors (Lipinski definition) is 0. The molecule has 0 saturated carbocycles. The predicted octanol–water partition coefficient (Wildman–Crippen LogP) is 4.72. The van der Waals surface area contributed by atoms with Gasteiger partial charge in [0.05, 0.1) is 36.5 Å². The molecule has 0 N–H and O–H groups in total. The first-order chi connectivity index (χ1) is 15.9. The largest absolute Gasteiger partial charge is 0.497 e. The molecule has 0 spiro atoms. The number of para-hydroxylation sites is 1. The standard InChI is InChI=1S/C24H22N4O3S2/c1-31-20-10-6-7-17(13-20)22-14-23(28(25-22)33(2,29)30)21-15-27(19-8-4-3-5-9-19)26-24(21)18-11-12-32-16-18/h3-13,15-16,23H,14H2,1-2H3/t23-/m1/s1. The molecule has 0 unspecified atom stereocenters. The third-order valence-corrected chi connectivity index (χ3v) is 7.23. The normalized spacial score (nSPS) is 16.1. The number of rotatable bonds is 6. The van der Waals surface area contributed by atoms with E-state index >= 15 is 0 Å². The highest BCUT2D eigenvalue weighted by molar-refractivity contribution is 7.88. The Morgan fingerprint density at radius 2 is 1.88 bits per heavy atom. The molecule has 9 heteroatoms. The maximum atomic E-state index is 12.8. The molecule has 4 aromatic rings. The van der Waals surface area contributed by atoms with E-state index in [2.05, 4.69) is 5.10 Å². The third kappa shape index (κ3) is 4.17. The summed E-state index contributed by atoms with van der Waals surface area (Å²) in [6.07, 6.45) is 3.52. The smallest absolute Gasteiger partial charge is 0.247 e. The minimum atomic E-state index is -3.62. The van der Waals surface area contributed by atoms with E-state index < -0.39 is 16.1 Å². The lowest BCUT2D eigenvalue weighted by Gasteiger charge is -2.21. The van der Waals surface area contributed by atoms with Crippen molar-refractivity contribution in [2.75, 3.05) is 13.4 Å². The van der Waals surface area contributed by atoms with Gasteiger partial charge in [0.15, 0.2) is 0 Å². The maximum absolute atomic E-state index is 12.8. The van der Waals surface area contributed by atoms with Gasteiger partial charge in [0.1, 0.15) is 5.75 Å². The first-order valence-electron chi connectivity index (χ1n) is 10.3. The van der Waals surface area contributed by atoms with Crippen molar-refractivity contribution in [3.05, 3.63) is 88.7 Å². The van der Waals surface area contributed by atoms with E-state index in [1.54, 1.807) is 23.1 Å². The Bertz CT molecular complexity index is 1410. The molecule has 2 aromatic heterocycles. The number of hydrogen-bond acceptors (Lipinski definition) is 6. The Morgan fingerprint density at radius 1 is 1.06 bits per heavy atom. The number of nitrogens with zero attached hydrogens (tertiary/aromatic N) is 4. The second kappa shape index (κ2) is 8.49. The van der Waals surface area contributed by atoms with Crippen molar-refractivity contribution in [3.8, 4) is 22.7 Å². The molecule has 0 fully saturated rings. The van der Waals surface area contributed by atoms with Crippen molar-refractivity contribution in [3.63, 3.8) is 0 Å². The van der Waals surface area contributed by atoms with E-state index in [9.17, 15) is 8.42 Å². The van der Waals surface area contributed by atoms with Gasteiger partial charge >= 0.3 is 0 Å². The molecular weight excluding hydrogens is 456 g/mol. The van der Waals surface area contributed by atoms with Gasteiger partial charge in [-0.15, -0.1) is 0 Å². The van der Waals surface area contributed by atoms with Crippen LogP contribution >= 0.6 is 11.3 Å². The van der Waals surface area contributed by atoms with Crippen LogP contribution in [-0.4, -0.2) is 41.7 Å². The second-order valence-electron chi connectivity index (χ2n) is 7.76. The molecule has 1 aliphatic heterocycles. The Hall–Kier alpha value is -3.43. The van der Waals surface area contributed by atoms with Gasteiger partial charge in [0.2, 0.25) is 10.0 Å². The van der Waals surface area contributed by atoms with Gasteiger partial charge in [-0.2, -0.15) is 26.0 Å². The zero-order valence-electron chi connectivity index (χ0n) is 18.1. The summed E-state index contributed by atoms with van der Waals surface area (Å²) in [5.74, 6) is 0.695. The van der Waals surface area contributed by atoms with Crippen LogP contribution in [-0.2, 0) is 10.0 Å². The lowest BCUT2D eigenvalue weighted by atomic mass is 9.98. The molecule has 33 heavy (non-hydrogen) atoms. The van der Waals surface area contributed by atoms with Crippen LogP contribution in [0.1, 0.15) is 23.6 Å². The molecular formula is C24H22N4O3S2. The summed E-state index contributed by atoms with van der Waals surface area (Å²) in [5.41, 5.74) is 4.93. The van der Waals surface area contributed by atoms with Crippen molar-refractivity contribution < 1.29 is 13.2 Å². The van der Waals surface area contributed by atoms with E-state index in [-0.39, 0.29) is 0 Å². The predicted molar refractivity (Wildman–Crippen MR) is 130 cm³/mol. The van der Waals surface area contributed by atoms with Gasteiger partial charge in [-0.1, -0.05) is 30.3 Å². The van der Waals surface area contributed by atoms with Gasteiger partial charge in [0.25, 0.3) is 0 Å². The Morgan fingerprint density at radius 3 is 2.58 bits per heavy atom. The zero-order chi connectivity index (χ0) is 23.0. The van der Waals surface area contributed by atoms with Crippen LogP contribution in [0.4, 0.5) is 0 Å². The first-order valence-corrected chi connectivity index (χ1v) is 13.1. The van der Waals surface area contributed by atoms with Crippen LogP contribution in [0.2, 0.25) is 0 Å². The summed E-state index contributed by atoms with van der Waals surface area (Å²) in [6, 6.07) is 18.8. The number of thiophene rings is 1. The molecule has 2 aromatic carbocycles. The van der Waals surface area contributed by atoms with Crippen LogP contribution in [0.3, 0.4) is 0 Å². The van der Waals surface area contributed by atoms with E-state index in [0.29, 0.717) is 17.9 Å². The first kappa shape index (κ1) is 21.4. The van der Waals surface area contributed by atoms with Crippen LogP contribution in [0.15, 0.2) is 82.7 Å². The lowest BCUT2D eigenvalue weighted by molar-refractivity contribution is 0.375. The van der Waals surface area contributed by atoms with Crippen LogP contribution in [0, 0.1) is 0 Å². The molecule has 0 radical (unpaired) electrons. The number of sulfonamides is 1. The van der Waals surface area contributed by atoms with Crippen LogP contribution < -0.4 is 4.74 Å². The fraction of sp³-hybridized carbons (Fsp3) is 0.167. The number of methoxy groups -OCH3 is 1. The van der Waals surface area contributed by atoms with Crippen molar-refractivity contribution in [1.82, 2.24) is 14.2 Å². The van der Waals surface area contributed by atoms with Crippen LogP contribution in [0.25, 0.3) is 16.9 Å². The molecule has 0 aliphatic carbocycles. The Balaban J connectivity index is 1.62. The molecule has 5 rings (SSSR count). The number of benzene rings is 2. The van der Waals surface area contributed by atoms with E-state index in [4.69, 9.17) is 9.84 Å². The molecule has 0 saturated heterocycles. The Kier molecular flexibility index (Phi) is 5.51. The van der Waals surface area contributed by atoms with Crippen molar-refractivity contribution in [1.29, 1.82) is 0 Å². The van der Waals surface area contributed by atoms with E-state index in [1.165, 1.54) is 10.7 Å². The molecule has 1 atom stereocenters. The molecule has 0 amide bonds. The number of aromatic nitrogens is 2. The zero-order valence-corrected chi connectivity index (χ0v) is 19.8. The topological polar surface area (TPSA) is 76.8 Å². The highest BCUT2D eigenvalue weighted by Gasteiger charge is 2.37. The second-order valence-corrected chi connectivity index (χ2v) is 10.4. The third-order valence-electron chi connectivity index (χ3n) is 5.53. The summed E-state index contributed by atoms with van der Waals surface area (Å²) in [7, 11) is -2.01.